The van der Waals surface area contributed by atoms with Gasteiger partial charge in [-0.3, -0.25) is 5.21 Å². The van der Waals surface area contributed by atoms with Crippen LogP contribution in [0.4, 0.5) is 0 Å². The molecule has 9 heavy (non-hydrogen) atoms. The molecule has 0 aliphatic carbocycles. The Morgan fingerprint density at radius 2 is 2.11 bits per heavy atom. The Morgan fingerprint density at radius 3 is 2.89 bits per heavy atom. The van der Waals surface area contributed by atoms with Crippen molar-refractivity contribution >= 4 is 0 Å². The van der Waals surface area contributed by atoms with Crippen LogP contribution in [-0.2, 0) is 0 Å². The van der Waals surface area contributed by atoms with Crippen LogP contribution in [-0.4, -0.2) is 15.4 Å². The number of nitrogens with zero attached hydrogens (tertiary/aromatic N) is 1. The van der Waals surface area contributed by atoms with Gasteiger partial charge in [-0.1, -0.05) is 0 Å². The summed E-state index contributed by atoms with van der Waals surface area (Å²) in [6, 6.07) is 0. The molecular weight excluding hydrogens is 118 g/mol. The summed E-state index contributed by atoms with van der Waals surface area (Å²) in [5.41, 5.74) is 0. The maximum absolute atomic E-state index is 8.79. The largest absolute Gasteiger partial charge is 0.508 e. The summed E-state index contributed by atoms with van der Waals surface area (Å²) >= 11 is 0. The van der Waals surface area contributed by atoms with Crippen molar-refractivity contribution in [3.05, 3.63) is 36.4 Å². The summed E-state index contributed by atoms with van der Waals surface area (Å²) in [6.07, 6.45) is 7.16. The maximum atomic E-state index is 8.79. The molecule has 0 saturated heterocycles. The van der Waals surface area contributed by atoms with E-state index in [0.29, 0.717) is 0 Å². The number of rotatable bonds is 0. The highest BCUT2D eigenvalue weighted by Crippen LogP contribution is 1.98. The van der Waals surface area contributed by atoms with Crippen molar-refractivity contribution in [2.45, 2.75) is 0 Å². The second-order valence-electron chi connectivity index (χ2n) is 1.63. The highest BCUT2D eigenvalue weighted by Gasteiger charge is 1.89. The van der Waals surface area contributed by atoms with Crippen molar-refractivity contribution in [1.82, 2.24) is 5.06 Å². The minimum Gasteiger partial charge on any atom is -0.508 e. The average Bonchev–Trinajstić information content (AvgIpc) is 1.97. The lowest BCUT2D eigenvalue weighted by atomic mass is 10.4. The van der Waals surface area contributed by atoms with Crippen LogP contribution in [0.3, 0.4) is 0 Å². The van der Waals surface area contributed by atoms with E-state index in [1.165, 1.54) is 30.6 Å². The molecule has 0 unspecified atom stereocenters. The van der Waals surface area contributed by atoms with Crippen molar-refractivity contribution in [3.8, 4) is 0 Å². The van der Waals surface area contributed by atoms with Crippen LogP contribution < -0.4 is 0 Å². The molecule has 0 amide bonds. The van der Waals surface area contributed by atoms with Gasteiger partial charge in [0.05, 0.1) is 0 Å². The van der Waals surface area contributed by atoms with Gasteiger partial charge in [-0.25, -0.2) is 5.06 Å². The standard InChI is InChI=1S/C6H7NO2/c8-6-2-1-4-7(9)5-3-6/h1-5,8-9H. The number of hydrogen-bond acceptors (Lipinski definition) is 3. The van der Waals surface area contributed by atoms with Crippen LogP contribution >= 0.6 is 0 Å². The molecule has 0 spiro atoms. The van der Waals surface area contributed by atoms with Crippen molar-refractivity contribution in [1.29, 1.82) is 0 Å². The zero-order valence-corrected chi connectivity index (χ0v) is 4.73. The number of aliphatic hydroxyl groups excluding tert-OH is 1. The van der Waals surface area contributed by atoms with E-state index in [1.54, 1.807) is 0 Å². The Labute approximate surface area is 52.8 Å². The zero-order chi connectivity index (χ0) is 6.69. The molecule has 1 rings (SSSR count). The topological polar surface area (TPSA) is 43.7 Å². The van der Waals surface area contributed by atoms with Gasteiger partial charge in [0.2, 0.25) is 0 Å². The van der Waals surface area contributed by atoms with Gasteiger partial charge in [0, 0.05) is 12.4 Å². The normalized spacial score (nSPS) is 17.4. The quantitative estimate of drug-likeness (QED) is 0.510. The minimum absolute atomic E-state index is 0.128. The molecule has 0 bridgehead atoms. The Bertz CT molecular complexity index is 181. The second-order valence-corrected chi connectivity index (χ2v) is 1.63. The lowest BCUT2D eigenvalue weighted by Crippen LogP contribution is -1.99. The van der Waals surface area contributed by atoms with E-state index >= 15 is 0 Å². The van der Waals surface area contributed by atoms with Gasteiger partial charge in [-0.05, 0) is 18.2 Å². The third-order valence-corrected chi connectivity index (χ3v) is 0.904. The predicted octanol–water partition coefficient (Wildman–Crippen LogP) is 1.16. The monoisotopic (exact) mass is 125 g/mol. The Kier molecular flexibility index (Phi) is 1.55. The van der Waals surface area contributed by atoms with Crippen LogP contribution in [0.2, 0.25) is 0 Å². The SMILES string of the molecule is OC1=CC=CN(O)C=C1. The highest BCUT2D eigenvalue weighted by molar-refractivity contribution is 5.19. The smallest absolute Gasteiger partial charge is 0.117 e. The third kappa shape index (κ3) is 1.62. The van der Waals surface area contributed by atoms with E-state index in [4.69, 9.17) is 10.3 Å². The minimum atomic E-state index is 0.128. The molecule has 0 aromatic rings. The third-order valence-electron chi connectivity index (χ3n) is 0.904. The van der Waals surface area contributed by atoms with Crippen LogP contribution in [0.15, 0.2) is 36.4 Å². The van der Waals surface area contributed by atoms with E-state index in [0.717, 1.165) is 5.06 Å². The Balaban J connectivity index is 2.75. The van der Waals surface area contributed by atoms with E-state index in [9.17, 15) is 0 Å². The van der Waals surface area contributed by atoms with Crippen LogP contribution in [0.25, 0.3) is 0 Å². The summed E-state index contributed by atoms with van der Waals surface area (Å²) in [4.78, 5) is 0. The Morgan fingerprint density at radius 1 is 1.33 bits per heavy atom. The molecule has 0 aromatic heterocycles. The Hall–Kier alpha value is -1.22. The first-order valence-electron chi connectivity index (χ1n) is 2.52. The van der Waals surface area contributed by atoms with Crippen molar-refractivity contribution in [3.63, 3.8) is 0 Å². The van der Waals surface area contributed by atoms with Gasteiger partial charge in [-0.2, -0.15) is 0 Å². The number of allylic oxidation sites excluding steroid dienone is 3. The zero-order valence-electron chi connectivity index (χ0n) is 4.73. The van der Waals surface area contributed by atoms with Crippen LogP contribution in [0.1, 0.15) is 0 Å². The summed E-state index contributed by atoms with van der Waals surface area (Å²) in [6.45, 7) is 0. The van der Waals surface area contributed by atoms with E-state index in [2.05, 4.69) is 0 Å². The van der Waals surface area contributed by atoms with E-state index < -0.39 is 0 Å². The van der Waals surface area contributed by atoms with Gasteiger partial charge < -0.3 is 5.11 Å². The van der Waals surface area contributed by atoms with Gasteiger partial charge in [0.15, 0.2) is 0 Å². The lowest BCUT2D eigenvalue weighted by molar-refractivity contribution is 0.0116. The lowest BCUT2D eigenvalue weighted by Gasteiger charge is -2.00. The van der Waals surface area contributed by atoms with Crippen LogP contribution in [0.5, 0.6) is 0 Å². The number of hydroxylamine groups is 2. The first kappa shape index (κ1) is 5.91. The fourth-order valence-corrected chi connectivity index (χ4v) is 0.488. The van der Waals surface area contributed by atoms with E-state index in [1.807, 2.05) is 0 Å². The maximum Gasteiger partial charge on any atom is 0.117 e. The molecule has 0 radical (unpaired) electrons. The van der Waals surface area contributed by atoms with E-state index in [-0.39, 0.29) is 5.76 Å². The molecular formula is C6H7NO2. The van der Waals surface area contributed by atoms with Crippen molar-refractivity contribution in [2.75, 3.05) is 0 Å². The first-order valence-corrected chi connectivity index (χ1v) is 2.52. The summed E-state index contributed by atoms with van der Waals surface area (Å²) in [5.74, 6) is 0.128. The summed E-state index contributed by atoms with van der Waals surface area (Å²) in [5, 5.41) is 18.4. The van der Waals surface area contributed by atoms with Gasteiger partial charge >= 0.3 is 0 Å². The van der Waals surface area contributed by atoms with Gasteiger partial charge in [0.25, 0.3) is 0 Å². The number of aliphatic hydroxyl groups is 1. The summed E-state index contributed by atoms with van der Waals surface area (Å²) < 4.78 is 0. The fourth-order valence-electron chi connectivity index (χ4n) is 0.488. The highest BCUT2D eigenvalue weighted by atomic mass is 16.5. The first-order chi connectivity index (χ1) is 4.29. The fraction of sp³-hybridized carbons (Fsp3) is 0. The molecule has 1 aliphatic heterocycles. The molecule has 3 nitrogen and oxygen atoms in total. The molecule has 0 atom stereocenters. The molecule has 3 heteroatoms. The molecule has 1 aliphatic rings. The summed E-state index contributed by atoms with van der Waals surface area (Å²) in [7, 11) is 0. The van der Waals surface area contributed by atoms with Crippen molar-refractivity contribution in [2.24, 2.45) is 0 Å². The molecule has 0 saturated carbocycles. The van der Waals surface area contributed by atoms with Gasteiger partial charge in [-0.15, -0.1) is 0 Å². The predicted molar refractivity (Wildman–Crippen MR) is 32.6 cm³/mol. The number of hydrogen-bond donors (Lipinski definition) is 2. The van der Waals surface area contributed by atoms with Crippen molar-refractivity contribution < 1.29 is 10.3 Å². The van der Waals surface area contributed by atoms with Gasteiger partial charge in [0.1, 0.15) is 5.76 Å². The molecule has 0 aromatic carbocycles. The average molecular weight is 125 g/mol. The van der Waals surface area contributed by atoms with Crippen LogP contribution in [0, 0.1) is 0 Å². The molecule has 1 heterocycles. The molecule has 48 valence electrons. The molecule has 2 N–H and O–H groups in total. The second kappa shape index (κ2) is 2.37. The molecule has 0 fully saturated rings.